The zero-order valence-corrected chi connectivity index (χ0v) is 36.8. The lowest BCUT2D eigenvalue weighted by Gasteiger charge is -2.20. The topological polar surface area (TPSA) is 155 Å². The van der Waals surface area contributed by atoms with Gasteiger partial charge in [-0.3, -0.25) is 18.6 Å². The highest BCUT2D eigenvalue weighted by Gasteiger charge is 2.27. The van der Waals surface area contributed by atoms with Crippen LogP contribution in [0.4, 0.5) is 0 Å². The van der Waals surface area contributed by atoms with Crippen molar-refractivity contribution in [2.45, 2.75) is 193 Å². The number of hydrogen-bond donors (Lipinski definition) is 3. The maximum absolute atomic E-state index is 12.6. The Hall–Kier alpha value is -2.33. The molecule has 0 radical (unpaired) electrons. The molecule has 0 aliphatic rings. The second-order valence-corrected chi connectivity index (χ2v) is 16.3. The fraction of sp³-hybridized carbons (Fsp3) is 0.739. The van der Waals surface area contributed by atoms with Crippen LogP contribution >= 0.6 is 7.82 Å². The van der Waals surface area contributed by atoms with Gasteiger partial charge in [0.2, 0.25) is 0 Å². The summed E-state index contributed by atoms with van der Waals surface area (Å²) in [6.45, 7) is 3.73. The van der Waals surface area contributed by atoms with Crippen LogP contribution < -0.4 is 5.73 Å². The SMILES string of the molecule is CC/C=C\C/C=C\C/C=C\C/C=C\C/C=C\CCCCCC(=O)OC(COCCCCCCCCCCCCCCCCCC)COP(=O)(O)OCC(N)C(=O)O. The summed E-state index contributed by atoms with van der Waals surface area (Å²) in [7, 11) is -4.63. The van der Waals surface area contributed by atoms with Crippen LogP contribution in [0.5, 0.6) is 0 Å². The van der Waals surface area contributed by atoms with Gasteiger partial charge in [0.1, 0.15) is 12.1 Å². The molecule has 0 fully saturated rings. The van der Waals surface area contributed by atoms with Crippen LogP contribution in [0.1, 0.15) is 181 Å². The monoisotopic (exact) mass is 824 g/mol. The first kappa shape index (κ1) is 54.7. The second kappa shape index (κ2) is 41.8. The maximum atomic E-state index is 12.6. The molecule has 0 aliphatic carbocycles. The van der Waals surface area contributed by atoms with Crippen LogP contribution in [0.15, 0.2) is 60.8 Å². The lowest BCUT2D eigenvalue weighted by Crippen LogP contribution is -2.34. The highest BCUT2D eigenvalue weighted by Crippen LogP contribution is 2.43. The average Bonchev–Trinajstić information content (AvgIpc) is 3.19. The summed E-state index contributed by atoms with van der Waals surface area (Å²) in [5.74, 6) is -1.81. The number of ether oxygens (including phenoxy) is 2. The summed E-state index contributed by atoms with van der Waals surface area (Å²) in [5, 5.41) is 8.90. The Labute approximate surface area is 347 Å². The van der Waals surface area contributed by atoms with Crippen LogP contribution in [-0.4, -0.2) is 60.5 Å². The molecule has 0 saturated carbocycles. The number of carbonyl (C=O) groups excluding carboxylic acids is 1. The van der Waals surface area contributed by atoms with Crippen LogP contribution in [0.2, 0.25) is 0 Å². The van der Waals surface area contributed by atoms with Gasteiger partial charge in [-0.25, -0.2) is 4.57 Å². The van der Waals surface area contributed by atoms with Crippen molar-refractivity contribution in [1.29, 1.82) is 0 Å². The minimum atomic E-state index is -4.63. The number of carbonyl (C=O) groups is 2. The number of nitrogens with two attached hydrogens (primary N) is 1. The molecule has 57 heavy (non-hydrogen) atoms. The van der Waals surface area contributed by atoms with Gasteiger partial charge in [0, 0.05) is 13.0 Å². The van der Waals surface area contributed by atoms with Gasteiger partial charge in [-0.15, -0.1) is 0 Å². The first-order valence-corrected chi connectivity index (χ1v) is 23.8. The standard InChI is InChI=1S/C46H82NO9P/c1-3-5-7-9-11-13-15-17-19-21-22-23-24-26-28-30-32-34-36-38-45(48)56-43(41-54-57(51,52)55-42-44(47)46(49)50)40-53-39-37-35-33-31-29-27-25-20-18-16-14-12-10-8-6-4-2/h5,7,11,13,17,19,22-23,26,28,43-44H,3-4,6,8-10,12,14-16,18,20-21,24-25,27,29-42,47H2,1-2H3,(H,49,50)(H,51,52)/b7-5-,13-11-,19-17-,23-22-,28-26-. The molecular weight excluding hydrogens is 741 g/mol. The van der Waals surface area contributed by atoms with E-state index >= 15 is 0 Å². The predicted molar refractivity (Wildman–Crippen MR) is 235 cm³/mol. The number of aliphatic carboxylic acids is 1. The number of unbranched alkanes of at least 4 members (excludes halogenated alkanes) is 18. The van der Waals surface area contributed by atoms with E-state index in [2.05, 4.69) is 74.6 Å². The summed E-state index contributed by atoms with van der Waals surface area (Å²) in [4.78, 5) is 33.5. The summed E-state index contributed by atoms with van der Waals surface area (Å²) in [5.41, 5.74) is 5.36. The number of allylic oxidation sites excluding steroid dienone is 10. The maximum Gasteiger partial charge on any atom is 0.472 e. The lowest BCUT2D eigenvalue weighted by molar-refractivity contribution is -0.154. The molecule has 0 rings (SSSR count). The van der Waals surface area contributed by atoms with Crippen LogP contribution in [0.3, 0.4) is 0 Å². The zero-order chi connectivity index (χ0) is 41.9. The summed E-state index contributed by atoms with van der Waals surface area (Å²) >= 11 is 0. The van der Waals surface area contributed by atoms with Crippen LogP contribution in [0, 0.1) is 0 Å². The van der Waals surface area contributed by atoms with E-state index in [0.717, 1.165) is 70.6 Å². The Morgan fingerprint density at radius 3 is 1.51 bits per heavy atom. The van der Waals surface area contributed by atoms with Gasteiger partial charge >= 0.3 is 19.8 Å². The van der Waals surface area contributed by atoms with Crippen molar-refractivity contribution in [2.24, 2.45) is 5.73 Å². The minimum Gasteiger partial charge on any atom is -0.480 e. The Morgan fingerprint density at radius 1 is 0.579 bits per heavy atom. The summed E-state index contributed by atoms with van der Waals surface area (Å²) < 4.78 is 33.3. The van der Waals surface area contributed by atoms with E-state index in [0.29, 0.717) is 13.0 Å². The molecule has 0 spiro atoms. The molecular formula is C46H82NO9P. The molecule has 0 aromatic heterocycles. The van der Waals surface area contributed by atoms with Gasteiger partial charge in [-0.05, 0) is 57.8 Å². The van der Waals surface area contributed by atoms with Gasteiger partial charge in [0.15, 0.2) is 0 Å². The number of hydrogen-bond acceptors (Lipinski definition) is 8. The van der Waals surface area contributed by atoms with Gasteiger partial charge in [-0.2, -0.15) is 0 Å². The Balaban J connectivity index is 4.30. The Kier molecular flexibility index (Phi) is 40.1. The molecule has 0 aromatic carbocycles. The first-order chi connectivity index (χ1) is 27.7. The summed E-state index contributed by atoms with van der Waals surface area (Å²) in [6.07, 6.45) is 49.8. The molecule has 4 N–H and O–H groups in total. The molecule has 3 unspecified atom stereocenters. The van der Waals surface area contributed by atoms with Crippen molar-refractivity contribution < 1.29 is 42.7 Å². The van der Waals surface area contributed by atoms with Crippen molar-refractivity contribution in [1.82, 2.24) is 0 Å². The van der Waals surface area contributed by atoms with Crippen LogP contribution in [-0.2, 0) is 32.7 Å². The highest BCUT2D eigenvalue weighted by atomic mass is 31.2. The van der Waals surface area contributed by atoms with E-state index in [-0.39, 0.29) is 13.0 Å². The fourth-order valence-corrected chi connectivity index (χ4v) is 6.64. The van der Waals surface area contributed by atoms with Crippen molar-refractivity contribution in [3.05, 3.63) is 60.8 Å². The summed E-state index contributed by atoms with van der Waals surface area (Å²) in [6, 6.07) is -1.48. The molecule has 0 saturated heterocycles. The van der Waals surface area contributed by atoms with Crippen molar-refractivity contribution in [3.8, 4) is 0 Å². The van der Waals surface area contributed by atoms with E-state index < -0.39 is 45.1 Å². The molecule has 0 aliphatic heterocycles. The second-order valence-electron chi connectivity index (χ2n) is 14.8. The van der Waals surface area contributed by atoms with Gasteiger partial charge in [0.05, 0.1) is 19.8 Å². The lowest BCUT2D eigenvalue weighted by atomic mass is 10.0. The number of phosphoric acid groups is 1. The zero-order valence-electron chi connectivity index (χ0n) is 35.9. The fourth-order valence-electron chi connectivity index (χ4n) is 5.87. The van der Waals surface area contributed by atoms with Crippen molar-refractivity contribution in [3.63, 3.8) is 0 Å². The Bertz CT molecular complexity index is 1140. The normalized spacial score (nSPS) is 14.5. The minimum absolute atomic E-state index is 0.00317. The smallest absolute Gasteiger partial charge is 0.472 e. The third kappa shape index (κ3) is 41.6. The highest BCUT2D eigenvalue weighted by molar-refractivity contribution is 7.47. The molecule has 0 bridgehead atoms. The molecule has 0 amide bonds. The largest absolute Gasteiger partial charge is 0.480 e. The van der Waals surface area contributed by atoms with E-state index in [1.165, 1.54) is 83.5 Å². The molecule has 0 heterocycles. The van der Waals surface area contributed by atoms with E-state index in [4.69, 9.17) is 29.4 Å². The van der Waals surface area contributed by atoms with Gasteiger partial charge in [0.25, 0.3) is 0 Å². The van der Waals surface area contributed by atoms with Crippen LogP contribution in [0.25, 0.3) is 0 Å². The van der Waals surface area contributed by atoms with E-state index in [1.54, 1.807) is 0 Å². The molecule has 10 nitrogen and oxygen atoms in total. The van der Waals surface area contributed by atoms with Gasteiger partial charge in [-0.1, -0.05) is 177 Å². The Morgan fingerprint density at radius 2 is 1.02 bits per heavy atom. The van der Waals surface area contributed by atoms with E-state index in [9.17, 15) is 19.0 Å². The predicted octanol–water partition coefficient (Wildman–Crippen LogP) is 12.4. The quantitative estimate of drug-likeness (QED) is 0.0234. The third-order valence-electron chi connectivity index (χ3n) is 9.31. The number of rotatable bonds is 42. The van der Waals surface area contributed by atoms with Crippen molar-refractivity contribution >= 4 is 19.8 Å². The van der Waals surface area contributed by atoms with Crippen molar-refractivity contribution in [2.75, 3.05) is 26.4 Å². The first-order valence-electron chi connectivity index (χ1n) is 22.3. The van der Waals surface area contributed by atoms with Gasteiger partial charge < -0.3 is 25.2 Å². The number of carboxylic acids is 1. The number of phosphoric ester groups is 1. The molecule has 330 valence electrons. The molecule has 11 heteroatoms. The number of carboxylic acid groups (broad SMARTS) is 1. The number of esters is 1. The average molecular weight is 824 g/mol. The van der Waals surface area contributed by atoms with E-state index in [1.807, 2.05) is 0 Å². The molecule has 3 atom stereocenters. The molecule has 0 aromatic rings. The third-order valence-corrected chi connectivity index (χ3v) is 10.3.